The lowest BCUT2D eigenvalue weighted by atomic mass is 10.1. The van der Waals surface area contributed by atoms with Gasteiger partial charge in [0.25, 0.3) is 0 Å². The van der Waals surface area contributed by atoms with Crippen molar-refractivity contribution in [2.75, 3.05) is 13.1 Å². The van der Waals surface area contributed by atoms with Crippen molar-refractivity contribution in [2.24, 2.45) is 0 Å². The van der Waals surface area contributed by atoms with Crippen LogP contribution < -0.4 is 0 Å². The van der Waals surface area contributed by atoms with Gasteiger partial charge < -0.3 is 5.11 Å². The van der Waals surface area contributed by atoms with Crippen molar-refractivity contribution in [2.45, 2.75) is 43.8 Å². The molecule has 0 amide bonds. The first-order valence-electron chi connectivity index (χ1n) is 9.48. The molecule has 6 nitrogen and oxygen atoms in total. The van der Waals surface area contributed by atoms with Gasteiger partial charge in [-0.15, -0.1) is 0 Å². The van der Waals surface area contributed by atoms with Crippen LogP contribution in [0.2, 0.25) is 5.02 Å². The summed E-state index contributed by atoms with van der Waals surface area (Å²) in [5.41, 5.74) is 1.60. The molecule has 2 aromatic carbocycles. The van der Waals surface area contributed by atoms with Gasteiger partial charge in [-0.05, 0) is 49.2 Å². The van der Waals surface area contributed by atoms with E-state index < -0.39 is 16.0 Å². The first-order valence-corrected chi connectivity index (χ1v) is 11.3. The molecule has 1 fully saturated rings. The Morgan fingerprint density at radius 3 is 2.28 bits per heavy atom. The van der Waals surface area contributed by atoms with Crippen LogP contribution in [0.25, 0.3) is 0 Å². The van der Waals surface area contributed by atoms with E-state index in [1.54, 1.807) is 16.4 Å². The molecular weight excluding hydrogens is 412 g/mol. The summed E-state index contributed by atoms with van der Waals surface area (Å²) >= 11 is 5.95. The number of halogens is 1. The number of benzene rings is 2. The average molecular weight is 437 g/mol. The lowest BCUT2D eigenvalue weighted by molar-refractivity contribution is -0.136. The van der Waals surface area contributed by atoms with Gasteiger partial charge in [-0.25, -0.2) is 8.42 Å². The third-order valence-electron chi connectivity index (χ3n) is 5.06. The quantitative estimate of drug-likeness (QED) is 0.752. The highest BCUT2D eigenvalue weighted by Crippen LogP contribution is 2.27. The molecule has 0 radical (unpaired) electrons. The third kappa shape index (κ3) is 5.17. The summed E-state index contributed by atoms with van der Waals surface area (Å²) in [6.45, 7) is 5.77. The maximum atomic E-state index is 13.3. The molecule has 2 aromatic rings. The monoisotopic (exact) mass is 436 g/mol. The van der Waals surface area contributed by atoms with E-state index in [4.69, 9.17) is 16.7 Å². The first-order chi connectivity index (χ1) is 13.7. The highest BCUT2D eigenvalue weighted by Gasteiger charge is 2.38. The van der Waals surface area contributed by atoms with Crippen molar-refractivity contribution in [3.8, 4) is 0 Å². The van der Waals surface area contributed by atoms with Crippen molar-refractivity contribution in [3.05, 3.63) is 64.7 Å². The molecular formula is C21H25ClN2O4S. The number of rotatable bonds is 6. The van der Waals surface area contributed by atoms with Gasteiger partial charge in [-0.1, -0.05) is 35.9 Å². The van der Waals surface area contributed by atoms with Crippen LogP contribution in [0.1, 0.15) is 25.0 Å². The Bertz CT molecular complexity index is 966. The van der Waals surface area contributed by atoms with Crippen LogP contribution in [0.3, 0.4) is 0 Å². The third-order valence-corrected chi connectivity index (χ3v) is 7.44. The standard InChI is InChI=1S/C21H25ClN2O4S/c1-15-12-23(14-17-6-8-19(22)9-7-17)13-16(2)24(15)29(27,28)20-5-3-4-18(10-20)11-21(25)26/h3-10,15-16H,11-14H2,1-2H3,(H,25,26)/t15-,16+. The van der Waals surface area contributed by atoms with Crippen LogP contribution in [0.5, 0.6) is 0 Å². The van der Waals surface area contributed by atoms with Crippen LogP contribution in [0.15, 0.2) is 53.4 Å². The molecule has 1 N–H and O–H groups in total. The molecule has 0 spiro atoms. The normalized spacial score (nSPS) is 21.2. The number of hydrogen-bond donors (Lipinski definition) is 1. The molecule has 0 unspecified atom stereocenters. The second kappa shape index (κ2) is 8.83. The highest BCUT2D eigenvalue weighted by molar-refractivity contribution is 7.89. The minimum Gasteiger partial charge on any atom is -0.481 e. The minimum atomic E-state index is -3.72. The lowest BCUT2D eigenvalue weighted by Gasteiger charge is -2.43. The van der Waals surface area contributed by atoms with E-state index in [0.717, 1.165) is 12.1 Å². The number of piperazine rings is 1. The Morgan fingerprint density at radius 1 is 1.07 bits per heavy atom. The molecule has 0 aliphatic carbocycles. The molecule has 0 aromatic heterocycles. The summed E-state index contributed by atoms with van der Waals surface area (Å²) in [4.78, 5) is 13.3. The molecule has 3 rings (SSSR count). The maximum absolute atomic E-state index is 13.3. The number of nitrogens with zero attached hydrogens (tertiary/aromatic N) is 2. The Kier molecular flexibility index (Phi) is 6.63. The van der Waals surface area contributed by atoms with Gasteiger partial charge in [0.2, 0.25) is 10.0 Å². The largest absolute Gasteiger partial charge is 0.481 e. The molecule has 1 heterocycles. The van der Waals surface area contributed by atoms with Crippen molar-refractivity contribution in [1.29, 1.82) is 0 Å². The SMILES string of the molecule is C[C@@H]1CN(Cc2ccc(Cl)cc2)C[C@H](C)N1S(=O)(=O)c1cccc(CC(=O)O)c1. The Balaban J connectivity index is 1.77. The van der Waals surface area contributed by atoms with Crippen LogP contribution in [-0.4, -0.2) is 53.9 Å². The van der Waals surface area contributed by atoms with E-state index in [-0.39, 0.29) is 23.4 Å². The molecule has 8 heteroatoms. The maximum Gasteiger partial charge on any atom is 0.307 e. The Hall–Kier alpha value is -1.93. The van der Waals surface area contributed by atoms with E-state index in [0.29, 0.717) is 23.7 Å². The molecule has 156 valence electrons. The number of aliphatic carboxylic acids is 1. The summed E-state index contributed by atoms with van der Waals surface area (Å²) in [6.07, 6.45) is -0.205. The Labute approximate surface area is 176 Å². The van der Waals surface area contributed by atoms with Gasteiger partial charge in [0.05, 0.1) is 11.3 Å². The zero-order chi connectivity index (χ0) is 21.2. The summed E-state index contributed by atoms with van der Waals surface area (Å²) in [6, 6.07) is 13.5. The summed E-state index contributed by atoms with van der Waals surface area (Å²) in [7, 11) is -3.72. The van der Waals surface area contributed by atoms with E-state index in [1.165, 1.54) is 12.1 Å². The lowest BCUT2D eigenvalue weighted by Crippen LogP contribution is -2.58. The molecule has 1 saturated heterocycles. The number of carboxylic acid groups (broad SMARTS) is 1. The van der Waals surface area contributed by atoms with E-state index in [1.807, 2.05) is 38.1 Å². The average Bonchev–Trinajstić information content (AvgIpc) is 2.62. The zero-order valence-corrected chi connectivity index (χ0v) is 18.0. The molecule has 1 aliphatic heterocycles. The molecule has 0 saturated carbocycles. The summed E-state index contributed by atoms with van der Waals surface area (Å²) < 4.78 is 28.1. The first kappa shape index (κ1) is 21.8. The predicted octanol–water partition coefficient (Wildman–Crippen LogP) is 3.25. The van der Waals surface area contributed by atoms with Crippen molar-refractivity contribution < 1.29 is 18.3 Å². The fourth-order valence-electron chi connectivity index (χ4n) is 3.98. The zero-order valence-electron chi connectivity index (χ0n) is 16.5. The van der Waals surface area contributed by atoms with Crippen molar-refractivity contribution in [1.82, 2.24) is 9.21 Å². The smallest absolute Gasteiger partial charge is 0.307 e. The van der Waals surface area contributed by atoms with E-state index in [9.17, 15) is 13.2 Å². The van der Waals surface area contributed by atoms with Gasteiger partial charge >= 0.3 is 5.97 Å². The fourth-order valence-corrected chi connectivity index (χ4v) is 5.98. The molecule has 0 bridgehead atoms. The molecule has 2 atom stereocenters. The van der Waals surface area contributed by atoms with Gasteiger partial charge in [0.1, 0.15) is 0 Å². The predicted molar refractivity (Wildman–Crippen MR) is 112 cm³/mol. The number of carbonyl (C=O) groups is 1. The van der Waals surface area contributed by atoms with Crippen molar-refractivity contribution in [3.63, 3.8) is 0 Å². The van der Waals surface area contributed by atoms with Gasteiger partial charge in [-0.2, -0.15) is 4.31 Å². The number of hydrogen-bond acceptors (Lipinski definition) is 4. The summed E-state index contributed by atoms with van der Waals surface area (Å²) in [5.74, 6) is -0.989. The van der Waals surface area contributed by atoms with Crippen LogP contribution >= 0.6 is 11.6 Å². The van der Waals surface area contributed by atoms with Gasteiger partial charge in [0.15, 0.2) is 0 Å². The highest BCUT2D eigenvalue weighted by atomic mass is 35.5. The number of carboxylic acids is 1. The van der Waals surface area contributed by atoms with Gasteiger partial charge in [-0.3, -0.25) is 9.69 Å². The second-order valence-electron chi connectivity index (χ2n) is 7.57. The molecule has 29 heavy (non-hydrogen) atoms. The van der Waals surface area contributed by atoms with Crippen LogP contribution in [0, 0.1) is 0 Å². The minimum absolute atomic E-state index is 0.140. The van der Waals surface area contributed by atoms with Crippen LogP contribution in [0.4, 0.5) is 0 Å². The molecule has 1 aliphatic rings. The van der Waals surface area contributed by atoms with E-state index >= 15 is 0 Å². The van der Waals surface area contributed by atoms with Crippen LogP contribution in [-0.2, 0) is 27.8 Å². The fraction of sp³-hybridized carbons (Fsp3) is 0.381. The number of sulfonamides is 1. The van der Waals surface area contributed by atoms with E-state index in [2.05, 4.69) is 4.90 Å². The van der Waals surface area contributed by atoms with Gasteiger partial charge in [0, 0.05) is 36.7 Å². The Morgan fingerprint density at radius 2 is 1.69 bits per heavy atom. The second-order valence-corrected chi connectivity index (χ2v) is 9.85. The summed E-state index contributed by atoms with van der Waals surface area (Å²) in [5, 5.41) is 9.68. The van der Waals surface area contributed by atoms with Crippen molar-refractivity contribution >= 4 is 27.6 Å². The topological polar surface area (TPSA) is 77.9 Å².